The first-order valence-electron chi connectivity index (χ1n) is 9.39. The first-order valence-corrected chi connectivity index (χ1v) is 12.1. The van der Waals surface area contributed by atoms with E-state index < -0.39 is 9.84 Å². The molecule has 27 heavy (non-hydrogen) atoms. The summed E-state index contributed by atoms with van der Waals surface area (Å²) in [5.74, 6) is -0.109. The van der Waals surface area contributed by atoms with Crippen LogP contribution in [0.15, 0.2) is 29.3 Å². The molecule has 1 amide bonds. The van der Waals surface area contributed by atoms with Gasteiger partial charge in [-0.3, -0.25) is 4.79 Å². The Morgan fingerprint density at radius 1 is 1.22 bits per heavy atom. The Labute approximate surface area is 165 Å². The number of thioether (sulfide) groups is 1. The topological polar surface area (TPSA) is 70.0 Å². The van der Waals surface area contributed by atoms with Crippen molar-refractivity contribution in [3.05, 3.63) is 24.3 Å². The van der Waals surface area contributed by atoms with Crippen molar-refractivity contribution in [2.24, 2.45) is 10.9 Å². The molecule has 0 saturated carbocycles. The largest absolute Gasteiger partial charge is 0.372 e. The van der Waals surface area contributed by atoms with Crippen LogP contribution in [0.25, 0.3) is 0 Å². The molecule has 0 radical (unpaired) electrons. The van der Waals surface area contributed by atoms with Crippen LogP contribution in [-0.4, -0.2) is 55.4 Å². The predicted molar refractivity (Wildman–Crippen MR) is 114 cm³/mol. The minimum Gasteiger partial charge on any atom is -0.372 e. The van der Waals surface area contributed by atoms with Crippen LogP contribution in [0.5, 0.6) is 0 Å². The number of amidine groups is 1. The van der Waals surface area contributed by atoms with Crippen molar-refractivity contribution in [3.63, 3.8) is 0 Å². The van der Waals surface area contributed by atoms with Gasteiger partial charge in [-0.05, 0) is 38.1 Å². The van der Waals surface area contributed by atoms with Crippen LogP contribution < -0.4 is 9.80 Å². The van der Waals surface area contributed by atoms with E-state index in [9.17, 15) is 13.2 Å². The number of hydrogen-bond donors (Lipinski definition) is 0. The summed E-state index contributed by atoms with van der Waals surface area (Å²) in [6.45, 7) is 9.72. The van der Waals surface area contributed by atoms with Gasteiger partial charge in [-0.15, -0.1) is 0 Å². The van der Waals surface area contributed by atoms with Crippen LogP contribution in [0.3, 0.4) is 0 Å². The van der Waals surface area contributed by atoms with E-state index in [-0.39, 0.29) is 34.6 Å². The Balaban J connectivity index is 1.96. The molecule has 3 rings (SSSR count). The minimum absolute atomic E-state index is 0.0730. The quantitative estimate of drug-likeness (QED) is 0.745. The van der Waals surface area contributed by atoms with Crippen molar-refractivity contribution in [1.29, 1.82) is 0 Å². The van der Waals surface area contributed by atoms with E-state index in [0.29, 0.717) is 5.17 Å². The number of sulfone groups is 1. The molecule has 0 bridgehead atoms. The number of aliphatic imine (C=N–C) groups is 1. The summed E-state index contributed by atoms with van der Waals surface area (Å²) in [6.07, 6.45) is 0. The molecule has 2 heterocycles. The van der Waals surface area contributed by atoms with E-state index >= 15 is 0 Å². The summed E-state index contributed by atoms with van der Waals surface area (Å²) >= 11 is 1.42. The van der Waals surface area contributed by atoms with Gasteiger partial charge >= 0.3 is 0 Å². The lowest BCUT2D eigenvalue weighted by Crippen LogP contribution is -2.37. The maximum absolute atomic E-state index is 12.2. The number of rotatable bonds is 5. The van der Waals surface area contributed by atoms with Crippen molar-refractivity contribution < 1.29 is 13.2 Å². The Morgan fingerprint density at radius 3 is 2.41 bits per heavy atom. The third-order valence-electron chi connectivity index (χ3n) is 5.02. The van der Waals surface area contributed by atoms with Crippen LogP contribution in [0.2, 0.25) is 0 Å². The molecule has 2 aliphatic rings. The molecule has 2 atom stereocenters. The highest BCUT2D eigenvalue weighted by Gasteiger charge is 2.49. The average molecular weight is 410 g/mol. The van der Waals surface area contributed by atoms with Crippen LogP contribution in [0.4, 0.5) is 11.4 Å². The first-order chi connectivity index (χ1) is 12.8. The van der Waals surface area contributed by atoms with Gasteiger partial charge in [0.25, 0.3) is 5.91 Å². The van der Waals surface area contributed by atoms with E-state index in [0.717, 1.165) is 24.5 Å². The highest BCUT2D eigenvalue weighted by Crippen LogP contribution is 2.41. The Hall–Kier alpha value is -1.54. The van der Waals surface area contributed by atoms with Crippen molar-refractivity contribution in [3.8, 4) is 0 Å². The summed E-state index contributed by atoms with van der Waals surface area (Å²) < 4.78 is 24.3. The molecular weight excluding hydrogens is 382 g/mol. The molecule has 0 spiro atoms. The molecule has 0 aromatic heterocycles. The number of fused-ring (bicyclic) bond motifs is 1. The van der Waals surface area contributed by atoms with Crippen molar-refractivity contribution in [2.75, 3.05) is 34.4 Å². The van der Waals surface area contributed by atoms with E-state index in [1.54, 1.807) is 0 Å². The molecule has 0 aliphatic carbocycles. The second kappa shape index (κ2) is 7.83. The number of amides is 1. The molecule has 1 aromatic carbocycles. The van der Waals surface area contributed by atoms with Crippen LogP contribution in [0.1, 0.15) is 27.7 Å². The summed E-state index contributed by atoms with van der Waals surface area (Å²) in [5.41, 5.74) is 2.02. The van der Waals surface area contributed by atoms with Crippen molar-refractivity contribution in [1.82, 2.24) is 0 Å². The highest BCUT2D eigenvalue weighted by atomic mass is 32.2. The second-order valence-electron chi connectivity index (χ2n) is 7.25. The van der Waals surface area contributed by atoms with Crippen molar-refractivity contribution in [2.45, 2.75) is 39.0 Å². The van der Waals surface area contributed by atoms with Crippen LogP contribution in [0, 0.1) is 5.92 Å². The fraction of sp³-hybridized carbons (Fsp3) is 0.579. The number of carbonyl (C=O) groups excluding carboxylic acids is 1. The SMILES string of the molecule is CCN(CC)c1ccc(N2C(=NC(=O)C(C)C)S[C@H]3CS(=O)(=O)C[C@H]32)cc1. The lowest BCUT2D eigenvalue weighted by atomic mass is 10.2. The summed E-state index contributed by atoms with van der Waals surface area (Å²) in [4.78, 5) is 20.7. The minimum atomic E-state index is -3.05. The van der Waals surface area contributed by atoms with Gasteiger partial charge in [0, 0.05) is 35.6 Å². The number of hydrogen-bond acceptors (Lipinski definition) is 5. The van der Waals surface area contributed by atoms with Gasteiger partial charge in [-0.25, -0.2) is 8.42 Å². The maximum Gasteiger partial charge on any atom is 0.250 e. The van der Waals surface area contributed by atoms with Gasteiger partial charge in [0.15, 0.2) is 15.0 Å². The Bertz CT molecular complexity index is 830. The molecule has 0 N–H and O–H groups in total. The molecule has 8 heteroatoms. The van der Waals surface area contributed by atoms with Gasteiger partial charge in [0.05, 0.1) is 17.5 Å². The van der Waals surface area contributed by atoms with Gasteiger partial charge in [-0.2, -0.15) is 4.99 Å². The van der Waals surface area contributed by atoms with Crippen LogP contribution >= 0.6 is 11.8 Å². The molecule has 1 aromatic rings. The van der Waals surface area contributed by atoms with Gasteiger partial charge < -0.3 is 9.80 Å². The monoisotopic (exact) mass is 409 g/mol. The zero-order valence-corrected chi connectivity index (χ0v) is 17.9. The Morgan fingerprint density at radius 2 is 1.85 bits per heavy atom. The first kappa shape index (κ1) is 20.2. The number of nitrogens with zero attached hydrogens (tertiary/aromatic N) is 3. The van der Waals surface area contributed by atoms with Crippen LogP contribution in [-0.2, 0) is 14.6 Å². The third-order valence-corrected chi connectivity index (χ3v) is 8.23. The Kier molecular flexibility index (Phi) is 5.86. The van der Waals surface area contributed by atoms with Gasteiger partial charge in [0.1, 0.15) is 0 Å². The molecule has 0 unspecified atom stereocenters. The predicted octanol–water partition coefficient (Wildman–Crippen LogP) is 2.79. The summed E-state index contributed by atoms with van der Waals surface area (Å²) in [5, 5.41) is 0.547. The summed E-state index contributed by atoms with van der Waals surface area (Å²) in [6, 6.07) is 7.92. The highest BCUT2D eigenvalue weighted by molar-refractivity contribution is 8.16. The maximum atomic E-state index is 12.2. The molecule has 148 valence electrons. The zero-order valence-electron chi connectivity index (χ0n) is 16.3. The third kappa shape index (κ3) is 4.16. The lowest BCUT2D eigenvalue weighted by Gasteiger charge is -2.26. The fourth-order valence-electron chi connectivity index (χ4n) is 3.50. The average Bonchev–Trinajstić information content (AvgIpc) is 3.07. The molecule has 2 aliphatic heterocycles. The number of carbonyl (C=O) groups is 1. The van der Waals surface area contributed by atoms with E-state index in [1.165, 1.54) is 11.8 Å². The molecule has 2 fully saturated rings. The zero-order chi connectivity index (χ0) is 19.8. The number of anilines is 2. The van der Waals surface area contributed by atoms with Gasteiger partial charge in [0.2, 0.25) is 0 Å². The standard InChI is InChI=1S/C19H27N3O3S2/c1-5-21(6-2)14-7-9-15(10-8-14)22-16-11-27(24,25)12-17(16)26-19(22)20-18(23)13(3)4/h7-10,13,16-17H,5-6,11-12H2,1-4H3/t16-,17+/m1/s1. The van der Waals surface area contributed by atoms with Gasteiger partial charge in [-0.1, -0.05) is 25.6 Å². The molecule has 2 saturated heterocycles. The smallest absolute Gasteiger partial charge is 0.250 e. The lowest BCUT2D eigenvalue weighted by molar-refractivity contribution is -0.120. The van der Waals surface area contributed by atoms with E-state index in [2.05, 4.69) is 23.7 Å². The second-order valence-corrected chi connectivity index (χ2v) is 10.6. The normalized spacial score (nSPS) is 25.2. The molecule has 6 nitrogen and oxygen atoms in total. The summed E-state index contributed by atoms with van der Waals surface area (Å²) in [7, 11) is -3.05. The molecular formula is C19H27N3O3S2. The van der Waals surface area contributed by atoms with Crippen molar-refractivity contribution >= 4 is 44.0 Å². The van der Waals surface area contributed by atoms with E-state index in [4.69, 9.17) is 0 Å². The number of benzene rings is 1. The van der Waals surface area contributed by atoms with E-state index in [1.807, 2.05) is 43.0 Å². The fourth-order valence-corrected chi connectivity index (χ4v) is 7.42.